The van der Waals surface area contributed by atoms with Crippen molar-refractivity contribution in [2.45, 2.75) is 26.2 Å². The Morgan fingerprint density at radius 2 is 0.917 bits per heavy atom. The van der Waals surface area contributed by atoms with Crippen LogP contribution in [0.4, 0.5) is 0 Å². The van der Waals surface area contributed by atoms with Crippen molar-refractivity contribution < 1.29 is 39.0 Å². The molecule has 0 fully saturated rings. The molecule has 4 aromatic heterocycles. The van der Waals surface area contributed by atoms with Crippen LogP contribution in [0.15, 0.2) is 85.5 Å². The van der Waals surface area contributed by atoms with Crippen molar-refractivity contribution in [3.05, 3.63) is 119 Å². The molecule has 0 aliphatic rings. The smallest absolute Gasteiger partial charge is 0.0549 e. The summed E-state index contributed by atoms with van der Waals surface area (Å²) in [5, 5.41) is 0. The molecule has 0 aliphatic carbocycles. The van der Waals surface area contributed by atoms with E-state index in [1.54, 1.807) is 0 Å². The molecule has 8 heteroatoms. The van der Waals surface area contributed by atoms with Gasteiger partial charge in [0.25, 0.3) is 0 Å². The SMILES string of the molecule is CN(Cc1ccccn1)Cc1cc(/C=C/c2ccnc(CN(C)Cc3ccccn3)c2)ccn1.[Zn].[Zn]. The number of aromatic nitrogens is 4. The fourth-order valence-electron chi connectivity index (χ4n) is 3.77. The summed E-state index contributed by atoms with van der Waals surface area (Å²) in [5.41, 5.74) is 6.43. The van der Waals surface area contributed by atoms with Gasteiger partial charge in [0.15, 0.2) is 0 Å². The first-order chi connectivity index (χ1) is 16.6. The molecule has 6 nitrogen and oxygen atoms in total. The first kappa shape index (κ1) is 29.7. The molecule has 4 heterocycles. The van der Waals surface area contributed by atoms with E-state index in [9.17, 15) is 0 Å². The first-order valence-corrected chi connectivity index (χ1v) is 11.4. The minimum atomic E-state index is 0. The van der Waals surface area contributed by atoms with Crippen molar-refractivity contribution in [1.82, 2.24) is 29.7 Å². The van der Waals surface area contributed by atoms with E-state index in [0.717, 1.165) is 60.1 Å². The minimum Gasteiger partial charge on any atom is -0.295 e. The number of nitrogens with zero attached hydrogens (tertiary/aromatic N) is 6. The second kappa shape index (κ2) is 15.6. The molecule has 0 amide bonds. The fraction of sp³-hybridized carbons (Fsp3) is 0.214. The predicted molar refractivity (Wildman–Crippen MR) is 136 cm³/mol. The molecule has 0 N–H and O–H groups in total. The van der Waals surface area contributed by atoms with Crippen LogP contribution in [-0.2, 0) is 65.1 Å². The van der Waals surface area contributed by atoms with Crippen molar-refractivity contribution >= 4 is 12.2 Å². The van der Waals surface area contributed by atoms with Gasteiger partial charge in [0, 0.05) is 89.9 Å². The van der Waals surface area contributed by atoms with E-state index in [1.807, 2.05) is 73.3 Å². The van der Waals surface area contributed by atoms with E-state index >= 15 is 0 Å². The zero-order chi connectivity index (χ0) is 23.6. The molecule has 0 radical (unpaired) electrons. The quantitative estimate of drug-likeness (QED) is 0.254. The van der Waals surface area contributed by atoms with Crippen molar-refractivity contribution in [2.24, 2.45) is 0 Å². The summed E-state index contributed by atoms with van der Waals surface area (Å²) in [6.07, 6.45) is 11.6. The Hall–Kier alpha value is -2.49. The number of hydrogen-bond acceptors (Lipinski definition) is 6. The van der Waals surface area contributed by atoms with Gasteiger partial charge in [0.2, 0.25) is 0 Å². The zero-order valence-electron chi connectivity index (χ0n) is 21.2. The van der Waals surface area contributed by atoms with Crippen molar-refractivity contribution in [3.8, 4) is 0 Å². The largest absolute Gasteiger partial charge is 0.295 e. The third-order valence-electron chi connectivity index (χ3n) is 5.33. The van der Waals surface area contributed by atoms with Crippen LogP contribution in [0.5, 0.6) is 0 Å². The van der Waals surface area contributed by atoms with E-state index in [0.29, 0.717) is 0 Å². The van der Waals surface area contributed by atoms with Gasteiger partial charge >= 0.3 is 0 Å². The van der Waals surface area contributed by atoms with Crippen LogP contribution in [0, 0.1) is 0 Å². The Balaban J connectivity index is 0.00000228. The maximum atomic E-state index is 4.54. The van der Waals surface area contributed by atoms with Gasteiger partial charge < -0.3 is 0 Å². The molecular formula is C28H30N6Zn2. The second-order valence-electron chi connectivity index (χ2n) is 8.48. The summed E-state index contributed by atoms with van der Waals surface area (Å²) in [6, 6.07) is 20.3. The topological polar surface area (TPSA) is 58.0 Å². The van der Waals surface area contributed by atoms with Crippen LogP contribution < -0.4 is 0 Å². The second-order valence-corrected chi connectivity index (χ2v) is 8.48. The number of pyridine rings is 4. The monoisotopic (exact) mass is 578 g/mol. The van der Waals surface area contributed by atoms with E-state index in [4.69, 9.17) is 0 Å². The van der Waals surface area contributed by atoms with Crippen molar-refractivity contribution in [2.75, 3.05) is 14.1 Å². The molecule has 0 unspecified atom stereocenters. The van der Waals surface area contributed by atoms with Gasteiger partial charge in [0.05, 0.1) is 22.8 Å². The molecule has 0 spiro atoms. The van der Waals surface area contributed by atoms with Gasteiger partial charge in [-0.25, -0.2) is 0 Å². The molecule has 0 saturated carbocycles. The summed E-state index contributed by atoms with van der Waals surface area (Å²) in [4.78, 5) is 22.3. The Morgan fingerprint density at radius 1 is 0.528 bits per heavy atom. The van der Waals surface area contributed by atoms with Crippen LogP contribution in [0.25, 0.3) is 12.2 Å². The molecule has 176 valence electrons. The maximum Gasteiger partial charge on any atom is 0.0549 e. The summed E-state index contributed by atoms with van der Waals surface area (Å²) < 4.78 is 0. The standard InChI is InChI=1S/C28H30N6.2Zn/c1-33(19-25-7-3-5-13-29-25)21-27-17-23(11-15-31-27)9-10-24-12-16-32-28(18-24)22-34(2)20-26-8-4-6-14-30-26;;/h3-18H,19-22H2,1-2H3;;/b10-9+;;. The van der Waals surface area contributed by atoms with E-state index in [-0.39, 0.29) is 39.0 Å². The first-order valence-electron chi connectivity index (χ1n) is 11.4. The van der Waals surface area contributed by atoms with Gasteiger partial charge in [-0.2, -0.15) is 0 Å². The van der Waals surface area contributed by atoms with E-state index in [2.05, 4.69) is 68.1 Å². The van der Waals surface area contributed by atoms with E-state index in [1.165, 1.54) is 0 Å². The molecule has 4 rings (SSSR count). The average molecular weight is 581 g/mol. The molecule has 0 atom stereocenters. The number of hydrogen-bond donors (Lipinski definition) is 0. The summed E-state index contributed by atoms with van der Waals surface area (Å²) in [5.74, 6) is 0. The average Bonchev–Trinajstić information content (AvgIpc) is 2.84. The van der Waals surface area contributed by atoms with Crippen LogP contribution in [-0.4, -0.2) is 43.8 Å². The van der Waals surface area contributed by atoms with Gasteiger partial charge in [0.1, 0.15) is 0 Å². The normalized spacial score (nSPS) is 10.9. The van der Waals surface area contributed by atoms with Crippen molar-refractivity contribution in [1.29, 1.82) is 0 Å². The molecule has 4 aromatic rings. The van der Waals surface area contributed by atoms with E-state index < -0.39 is 0 Å². The van der Waals surface area contributed by atoms with Gasteiger partial charge in [-0.1, -0.05) is 24.3 Å². The molecule has 0 saturated heterocycles. The molecule has 0 aliphatic heterocycles. The zero-order valence-corrected chi connectivity index (χ0v) is 27.1. The van der Waals surface area contributed by atoms with Gasteiger partial charge in [-0.15, -0.1) is 0 Å². The maximum absolute atomic E-state index is 4.54. The fourth-order valence-corrected chi connectivity index (χ4v) is 3.77. The molecule has 0 bridgehead atoms. The summed E-state index contributed by atoms with van der Waals surface area (Å²) >= 11 is 0. The number of rotatable bonds is 10. The Bertz CT molecular complexity index is 1110. The van der Waals surface area contributed by atoms with Crippen LogP contribution >= 0.6 is 0 Å². The summed E-state index contributed by atoms with van der Waals surface area (Å²) in [7, 11) is 4.17. The minimum absolute atomic E-state index is 0. The molecule has 36 heavy (non-hydrogen) atoms. The third kappa shape index (κ3) is 9.87. The van der Waals surface area contributed by atoms with Crippen LogP contribution in [0.2, 0.25) is 0 Å². The Labute approximate surface area is 239 Å². The Kier molecular flexibility index (Phi) is 12.9. The van der Waals surface area contributed by atoms with Crippen molar-refractivity contribution in [3.63, 3.8) is 0 Å². The molecule has 0 aromatic carbocycles. The van der Waals surface area contributed by atoms with Crippen LogP contribution in [0.3, 0.4) is 0 Å². The predicted octanol–water partition coefficient (Wildman–Crippen LogP) is 4.70. The summed E-state index contributed by atoms with van der Waals surface area (Å²) in [6.45, 7) is 3.11. The third-order valence-corrected chi connectivity index (χ3v) is 5.33. The van der Waals surface area contributed by atoms with Crippen LogP contribution in [0.1, 0.15) is 33.9 Å². The van der Waals surface area contributed by atoms with Gasteiger partial charge in [-0.3, -0.25) is 29.7 Å². The molecular weight excluding hydrogens is 551 g/mol. The van der Waals surface area contributed by atoms with Gasteiger partial charge in [-0.05, 0) is 73.8 Å². The Morgan fingerprint density at radius 3 is 1.31 bits per heavy atom.